The lowest BCUT2D eigenvalue weighted by Crippen LogP contribution is -2.39. The lowest BCUT2D eigenvalue weighted by Gasteiger charge is -2.26. The first-order chi connectivity index (χ1) is 14.8. The van der Waals surface area contributed by atoms with Crippen LogP contribution in [0.25, 0.3) is 0 Å². The molecule has 0 bridgehead atoms. The fourth-order valence-corrected chi connectivity index (χ4v) is 4.18. The average Bonchev–Trinajstić information content (AvgIpc) is 2.78. The normalized spacial score (nSPS) is 12.7. The maximum Gasteiger partial charge on any atom is 0.338 e. The van der Waals surface area contributed by atoms with Gasteiger partial charge in [0.2, 0.25) is 15.9 Å². The Hall–Kier alpha value is -3.27. The molecule has 166 valence electrons. The van der Waals surface area contributed by atoms with Gasteiger partial charge < -0.3 is 19.5 Å². The highest BCUT2D eigenvalue weighted by Gasteiger charge is 2.26. The predicted molar refractivity (Wildman–Crippen MR) is 115 cm³/mol. The number of benzene rings is 2. The molecule has 1 aliphatic rings. The van der Waals surface area contributed by atoms with Crippen molar-refractivity contribution in [1.29, 1.82) is 0 Å². The monoisotopic (exact) mass is 448 g/mol. The van der Waals surface area contributed by atoms with Gasteiger partial charge in [-0.15, -0.1) is 0 Å². The third-order valence-corrected chi connectivity index (χ3v) is 6.56. The lowest BCUT2D eigenvalue weighted by atomic mass is 10.1. The quantitative estimate of drug-likeness (QED) is 0.647. The highest BCUT2D eigenvalue weighted by Crippen LogP contribution is 2.35. The zero-order chi connectivity index (χ0) is 22.6. The number of anilines is 2. The lowest BCUT2D eigenvalue weighted by molar-refractivity contribution is -0.114. The fraction of sp³-hybridized carbons (Fsp3) is 0.333. The van der Waals surface area contributed by atoms with Gasteiger partial charge in [-0.25, -0.2) is 13.2 Å². The van der Waals surface area contributed by atoms with Crippen LogP contribution in [-0.2, 0) is 19.6 Å². The number of methoxy groups -OCH3 is 1. The zero-order valence-corrected chi connectivity index (χ0v) is 18.3. The van der Waals surface area contributed by atoms with E-state index >= 15 is 0 Å². The highest BCUT2D eigenvalue weighted by atomic mass is 32.2. The molecule has 2 aromatic rings. The van der Waals surface area contributed by atoms with Crippen LogP contribution in [0.1, 0.15) is 22.8 Å². The predicted octanol–water partition coefficient (Wildman–Crippen LogP) is 2.35. The van der Waals surface area contributed by atoms with E-state index in [-0.39, 0.29) is 5.75 Å². The molecular formula is C21H24N2O7S. The van der Waals surface area contributed by atoms with Crippen LogP contribution in [0.4, 0.5) is 11.4 Å². The summed E-state index contributed by atoms with van der Waals surface area (Å²) in [5, 5.41) is 2.68. The summed E-state index contributed by atoms with van der Waals surface area (Å²) < 4.78 is 42.2. The molecule has 0 aliphatic carbocycles. The van der Waals surface area contributed by atoms with Crippen LogP contribution >= 0.6 is 0 Å². The van der Waals surface area contributed by atoms with Crippen LogP contribution in [0.3, 0.4) is 0 Å². The Morgan fingerprint density at radius 3 is 2.52 bits per heavy atom. The maximum absolute atomic E-state index is 12.8. The number of hydrogen-bond donors (Lipinski definition) is 1. The van der Waals surface area contributed by atoms with Gasteiger partial charge in [-0.1, -0.05) is 6.07 Å². The number of carbonyl (C=O) groups is 2. The van der Waals surface area contributed by atoms with Crippen molar-refractivity contribution in [2.45, 2.75) is 13.8 Å². The number of fused-ring (bicyclic) bond motifs is 1. The summed E-state index contributed by atoms with van der Waals surface area (Å²) in [4.78, 5) is 24.6. The maximum atomic E-state index is 12.8. The third kappa shape index (κ3) is 4.91. The minimum Gasteiger partial charge on any atom is -0.486 e. The number of hydrogen-bond acceptors (Lipinski definition) is 7. The number of nitrogens with zero attached hydrogens (tertiary/aromatic N) is 1. The number of carbonyl (C=O) groups excluding carboxylic acids is 2. The van der Waals surface area contributed by atoms with E-state index in [1.165, 1.54) is 20.1 Å². The zero-order valence-electron chi connectivity index (χ0n) is 17.5. The van der Waals surface area contributed by atoms with Crippen molar-refractivity contribution in [1.82, 2.24) is 0 Å². The third-order valence-electron chi connectivity index (χ3n) is 4.81. The molecule has 1 amide bonds. The Balaban J connectivity index is 1.86. The van der Waals surface area contributed by atoms with E-state index in [0.717, 1.165) is 4.31 Å². The van der Waals surface area contributed by atoms with Gasteiger partial charge in [0.1, 0.15) is 19.8 Å². The highest BCUT2D eigenvalue weighted by molar-refractivity contribution is 7.92. The smallest absolute Gasteiger partial charge is 0.338 e. The first kappa shape index (κ1) is 22.4. The number of amides is 1. The van der Waals surface area contributed by atoms with Crippen LogP contribution in [-0.4, -0.2) is 52.9 Å². The molecule has 0 saturated carbocycles. The van der Waals surface area contributed by atoms with Gasteiger partial charge in [-0.3, -0.25) is 9.10 Å². The van der Waals surface area contributed by atoms with Gasteiger partial charge >= 0.3 is 5.97 Å². The molecule has 1 aliphatic heterocycles. The van der Waals surface area contributed by atoms with Gasteiger partial charge in [0.15, 0.2) is 11.5 Å². The van der Waals surface area contributed by atoms with Crippen LogP contribution in [0.15, 0.2) is 36.4 Å². The molecule has 9 nitrogen and oxygen atoms in total. The molecule has 1 N–H and O–H groups in total. The minimum absolute atomic E-state index is 0.189. The summed E-state index contributed by atoms with van der Waals surface area (Å²) in [6.07, 6.45) is 0. The molecule has 3 rings (SSSR count). The van der Waals surface area contributed by atoms with Gasteiger partial charge in [-0.05, 0) is 43.7 Å². The second-order valence-corrected chi connectivity index (χ2v) is 8.94. The Morgan fingerprint density at radius 1 is 1.13 bits per heavy atom. The molecule has 0 fully saturated rings. The van der Waals surface area contributed by atoms with E-state index in [4.69, 9.17) is 14.2 Å². The van der Waals surface area contributed by atoms with Crippen molar-refractivity contribution in [3.63, 3.8) is 0 Å². The Kier molecular flexibility index (Phi) is 6.69. The summed E-state index contributed by atoms with van der Waals surface area (Å²) in [5.41, 5.74) is 1.52. The molecule has 0 radical (unpaired) electrons. The molecule has 10 heteroatoms. The van der Waals surface area contributed by atoms with E-state index in [2.05, 4.69) is 5.32 Å². The number of ether oxygens (including phenoxy) is 3. The Labute approximate surface area is 181 Å². The van der Waals surface area contributed by atoms with Crippen molar-refractivity contribution in [3.8, 4) is 11.5 Å². The first-order valence-corrected chi connectivity index (χ1v) is 11.3. The second kappa shape index (κ2) is 9.25. The first-order valence-electron chi connectivity index (χ1n) is 9.64. The van der Waals surface area contributed by atoms with E-state index in [9.17, 15) is 18.0 Å². The number of rotatable bonds is 7. The van der Waals surface area contributed by atoms with Crippen molar-refractivity contribution < 1.29 is 32.2 Å². The van der Waals surface area contributed by atoms with Crippen molar-refractivity contribution in [2.24, 2.45) is 0 Å². The molecule has 0 spiro atoms. The Morgan fingerprint density at radius 2 is 1.84 bits per heavy atom. The molecule has 0 unspecified atom stereocenters. The summed E-state index contributed by atoms with van der Waals surface area (Å²) in [6.45, 7) is 3.49. The Bertz CT molecular complexity index is 1100. The van der Waals surface area contributed by atoms with Crippen LogP contribution in [0.5, 0.6) is 11.5 Å². The molecule has 31 heavy (non-hydrogen) atoms. The van der Waals surface area contributed by atoms with Gasteiger partial charge in [0.05, 0.1) is 24.1 Å². The number of nitrogens with one attached hydrogen (secondary N) is 1. The molecule has 2 aromatic carbocycles. The average molecular weight is 448 g/mol. The van der Waals surface area contributed by atoms with E-state index in [1.54, 1.807) is 37.3 Å². The van der Waals surface area contributed by atoms with Gasteiger partial charge in [0, 0.05) is 11.8 Å². The second-order valence-electron chi connectivity index (χ2n) is 6.75. The molecule has 0 saturated heterocycles. The van der Waals surface area contributed by atoms with Gasteiger partial charge in [0.25, 0.3) is 0 Å². The van der Waals surface area contributed by atoms with Crippen molar-refractivity contribution in [3.05, 3.63) is 47.5 Å². The molecule has 0 aromatic heterocycles. The van der Waals surface area contributed by atoms with E-state index < -0.39 is 28.4 Å². The standard InChI is InChI=1S/C21H24N2O7S/c1-4-31(26,27)23(15-8-9-18-19(12-15)30-11-10-29-18)13-20(24)22-17-7-5-6-16(14(17)2)21(25)28-3/h5-9,12H,4,10-11,13H2,1-3H3,(H,22,24). The number of esters is 1. The van der Waals surface area contributed by atoms with Gasteiger partial charge in [-0.2, -0.15) is 0 Å². The van der Waals surface area contributed by atoms with E-state index in [1.807, 2.05) is 0 Å². The van der Waals surface area contributed by atoms with Crippen LogP contribution in [0, 0.1) is 6.92 Å². The fourth-order valence-electron chi connectivity index (χ4n) is 3.12. The van der Waals surface area contributed by atoms with Crippen LogP contribution < -0.4 is 19.1 Å². The van der Waals surface area contributed by atoms with Crippen molar-refractivity contribution in [2.75, 3.05) is 42.2 Å². The molecule has 1 heterocycles. The summed E-state index contributed by atoms with van der Waals surface area (Å²) in [7, 11) is -2.49. The SMILES string of the molecule is CCS(=O)(=O)N(CC(=O)Nc1cccc(C(=O)OC)c1C)c1ccc2c(c1)OCCO2. The van der Waals surface area contributed by atoms with Crippen molar-refractivity contribution >= 4 is 33.3 Å². The summed E-state index contributed by atoms with van der Waals surface area (Å²) >= 11 is 0. The minimum atomic E-state index is -3.76. The summed E-state index contributed by atoms with van der Waals surface area (Å²) in [6, 6.07) is 9.54. The largest absolute Gasteiger partial charge is 0.486 e. The molecule has 0 atom stereocenters. The van der Waals surface area contributed by atoms with Crippen LogP contribution in [0.2, 0.25) is 0 Å². The topological polar surface area (TPSA) is 111 Å². The van der Waals surface area contributed by atoms with E-state index in [0.29, 0.717) is 47.2 Å². The molecular weight excluding hydrogens is 424 g/mol. The summed E-state index contributed by atoms with van der Waals surface area (Å²) in [5.74, 6) is -0.339. The number of sulfonamides is 1.